The van der Waals surface area contributed by atoms with Gasteiger partial charge in [-0.25, -0.2) is 19.9 Å². The first-order valence-corrected chi connectivity index (χ1v) is 15.3. The normalized spacial score (nSPS) is 15.1. The van der Waals surface area contributed by atoms with Gasteiger partial charge in [0.2, 0.25) is 5.91 Å². The van der Waals surface area contributed by atoms with Crippen molar-refractivity contribution in [3.63, 3.8) is 0 Å². The van der Waals surface area contributed by atoms with Crippen LogP contribution < -0.4 is 19.9 Å². The Labute approximate surface area is 278 Å². The average Bonchev–Trinajstić information content (AvgIpc) is 3.67. The second-order valence-corrected chi connectivity index (χ2v) is 11.4. The molecule has 0 bridgehead atoms. The van der Waals surface area contributed by atoms with E-state index < -0.39 is 43.6 Å². The number of carbonyl (C=O) groups is 2. The number of nitrogens with zero attached hydrogens (tertiary/aromatic N) is 5. The van der Waals surface area contributed by atoms with Gasteiger partial charge in [0, 0.05) is 5.56 Å². The van der Waals surface area contributed by atoms with E-state index in [0.717, 1.165) is 28.8 Å². The predicted octanol–water partition coefficient (Wildman–Crippen LogP) is 7.31. The third-order valence-electron chi connectivity index (χ3n) is 6.75. The van der Waals surface area contributed by atoms with Crippen LogP contribution in [0.15, 0.2) is 78.0 Å². The van der Waals surface area contributed by atoms with E-state index in [4.69, 9.17) is 9.57 Å². The molecule has 0 radical (unpaired) electrons. The first kappa shape index (κ1) is 35.2. The number of hydrogen-bond acceptors (Lipinski definition) is 8. The second kappa shape index (κ2) is 14.6. The third kappa shape index (κ3) is 9.50. The zero-order chi connectivity index (χ0) is 35.3. The lowest BCUT2D eigenvalue weighted by Gasteiger charge is -2.21. The summed E-state index contributed by atoms with van der Waals surface area (Å²) in [6.45, 7) is 2.74. The predicted molar refractivity (Wildman–Crippen MR) is 166 cm³/mol. The Morgan fingerprint density at radius 1 is 1.04 bits per heavy atom. The Bertz CT molecular complexity index is 1830. The lowest BCUT2D eigenvalue weighted by atomic mass is 10.1. The number of carbonyl (C=O) groups excluding carboxylic acids is 2. The number of nitrogens with one attached hydrogen (secondary N) is 1. The number of aliphatic imine (C=N–C) groups is 1. The van der Waals surface area contributed by atoms with E-state index in [1.165, 1.54) is 29.2 Å². The number of benzene rings is 3. The van der Waals surface area contributed by atoms with Crippen LogP contribution >= 0.6 is 11.8 Å². The molecule has 0 aliphatic carbocycles. The number of ether oxygens (including phenoxy) is 2. The van der Waals surface area contributed by atoms with Gasteiger partial charge in [-0.1, -0.05) is 42.1 Å². The van der Waals surface area contributed by atoms with Crippen LogP contribution in [0.5, 0.6) is 11.5 Å². The maximum Gasteiger partial charge on any atom is 0.573 e. The van der Waals surface area contributed by atoms with E-state index in [1.807, 2.05) is 0 Å². The summed E-state index contributed by atoms with van der Waals surface area (Å²) in [4.78, 5) is 40.2. The fraction of sp³-hybridized carbons (Fsp3) is 0.258. The Hall–Kier alpha value is -5.10. The summed E-state index contributed by atoms with van der Waals surface area (Å²) in [6, 6.07) is 15.7. The summed E-state index contributed by atoms with van der Waals surface area (Å²) in [6.07, 6.45) is -9.65. The number of halogens is 6. The SMILES string of the molecule is Cc1ccc(OCCC(F)(F)F)c(N2C(=O)CSC2=NC(=O)NOC(C)c2ccc(-c3ncn(-c4ccc(OC(F)(F)F)cc4)n3)cc2)c1. The van der Waals surface area contributed by atoms with Crippen molar-refractivity contribution >= 4 is 34.6 Å². The molecule has 18 heteroatoms. The molecule has 1 saturated heterocycles. The van der Waals surface area contributed by atoms with Gasteiger partial charge in [-0.15, -0.1) is 18.3 Å². The quantitative estimate of drug-likeness (QED) is 0.135. The first-order valence-electron chi connectivity index (χ1n) is 14.3. The monoisotopic (exact) mass is 708 g/mol. The Kier molecular flexibility index (Phi) is 10.5. The Morgan fingerprint density at radius 2 is 1.76 bits per heavy atom. The van der Waals surface area contributed by atoms with E-state index in [-0.39, 0.29) is 28.1 Å². The lowest BCUT2D eigenvalue weighted by molar-refractivity contribution is -0.274. The van der Waals surface area contributed by atoms with Crippen molar-refractivity contribution in [2.24, 2.45) is 4.99 Å². The van der Waals surface area contributed by atoms with Crippen molar-refractivity contribution in [2.45, 2.75) is 38.9 Å². The summed E-state index contributed by atoms with van der Waals surface area (Å²) in [5.74, 6) is -0.487. The number of aryl methyl sites for hydroxylation is 1. The highest BCUT2D eigenvalue weighted by molar-refractivity contribution is 8.15. The van der Waals surface area contributed by atoms with Gasteiger partial charge in [-0.05, 0) is 61.4 Å². The van der Waals surface area contributed by atoms with Gasteiger partial charge < -0.3 is 9.47 Å². The number of amidine groups is 1. The van der Waals surface area contributed by atoms with E-state index >= 15 is 0 Å². The highest BCUT2D eigenvalue weighted by Crippen LogP contribution is 2.36. The number of anilines is 1. The summed E-state index contributed by atoms with van der Waals surface area (Å²) in [5.41, 5.74) is 4.83. The molecule has 1 N–H and O–H groups in total. The fourth-order valence-electron chi connectivity index (χ4n) is 4.42. The molecule has 1 aliphatic rings. The minimum Gasteiger partial charge on any atom is -0.491 e. The molecule has 3 aromatic carbocycles. The van der Waals surface area contributed by atoms with Crippen molar-refractivity contribution in [3.8, 4) is 28.6 Å². The minimum absolute atomic E-state index is 0.00750. The maximum atomic E-state index is 12.7. The van der Waals surface area contributed by atoms with E-state index in [1.54, 1.807) is 50.2 Å². The zero-order valence-electron chi connectivity index (χ0n) is 25.6. The number of thioether (sulfide) groups is 1. The van der Waals surface area contributed by atoms with Crippen LogP contribution in [0.4, 0.5) is 36.8 Å². The van der Waals surface area contributed by atoms with Crippen LogP contribution in [0.3, 0.4) is 0 Å². The molecule has 3 amide bonds. The van der Waals surface area contributed by atoms with Crippen LogP contribution in [0.2, 0.25) is 0 Å². The molecule has 11 nitrogen and oxygen atoms in total. The van der Waals surface area contributed by atoms with Gasteiger partial charge in [0.15, 0.2) is 11.0 Å². The highest BCUT2D eigenvalue weighted by Gasteiger charge is 2.34. The number of hydroxylamine groups is 1. The molecule has 0 saturated carbocycles. The van der Waals surface area contributed by atoms with Crippen molar-refractivity contribution < 1.29 is 50.2 Å². The number of urea groups is 1. The van der Waals surface area contributed by atoms with Crippen molar-refractivity contribution in [2.75, 3.05) is 17.3 Å². The van der Waals surface area contributed by atoms with Crippen molar-refractivity contribution in [1.82, 2.24) is 20.2 Å². The molecule has 2 heterocycles. The number of amides is 3. The topological polar surface area (TPSA) is 120 Å². The number of hydrogen-bond donors (Lipinski definition) is 1. The van der Waals surface area contributed by atoms with Crippen LogP contribution in [-0.4, -0.2) is 56.8 Å². The highest BCUT2D eigenvalue weighted by atomic mass is 32.2. The Balaban J connectivity index is 1.19. The summed E-state index contributed by atoms with van der Waals surface area (Å²) in [7, 11) is 0. The minimum atomic E-state index is -4.80. The number of rotatable bonds is 10. The van der Waals surface area contributed by atoms with Crippen LogP contribution in [0.1, 0.15) is 30.6 Å². The zero-order valence-corrected chi connectivity index (χ0v) is 26.4. The fourth-order valence-corrected chi connectivity index (χ4v) is 5.28. The number of aromatic nitrogens is 3. The van der Waals surface area contributed by atoms with E-state index in [9.17, 15) is 35.9 Å². The maximum absolute atomic E-state index is 12.7. The molecule has 49 heavy (non-hydrogen) atoms. The summed E-state index contributed by atoms with van der Waals surface area (Å²) < 4.78 is 85.8. The van der Waals surface area contributed by atoms with Crippen LogP contribution in [-0.2, 0) is 9.63 Å². The molecule has 5 rings (SSSR count). The van der Waals surface area contributed by atoms with E-state index in [0.29, 0.717) is 28.2 Å². The summed E-state index contributed by atoms with van der Waals surface area (Å²) >= 11 is 0.972. The number of alkyl halides is 6. The molecule has 1 aromatic heterocycles. The molecular formula is C31H26F6N6O5S. The van der Waals surface area contributed by atoms with Gasteiger partial charge in [-0.2, -0.15) is 18.2 Å². The molecule has 258 valence electrons. The van der Waals surface area contributed by atoms with Gasteiger partial charge in [0.05, 0.1) is 30.2 Å². The second-order valence-electron chi connectivity index (χ2n) is 10.4. The largest absolute Gasteiger partial charge is 0.573 e. The van der Waals surface area contributed by atoms with Gasteiger partial charge in [0.1, 0.15) is 23.9 Å². The molecule has 4 aromatic rings. The smallest absolute Gasteiger partial charge is 0.491 e. The summed E-state index contributed by atoms with van der Waals surface area (Å²) in [5, 5.41) is 4.35. The average molecular weight is 709 g/mol. The standard InChI is InChI=1S/C31H26F6N6O5S/c1-18-3-12-25(46-14-13-30(32,33)34)24(15-18)43-26(44)16-49-29(43)39-28(45)41-48-19(2)20-4-6-21(7-5-20)27-38-17-42(40-27)22-8-10-23(11-9-22)47-31(35,36)37/h3-12,15,17,19H,13-14,16H2,1-2H3,(H,41,45). The molecule has 1 atom stereocenters. The van der Waals surface area contributed by atoms with Gasteiger partial charge >= 0.3 is 18.6 Å². The molecular weight excluding hydrogens is 682 g/mol. The molecule has 1 aliphatic heterocycles. The molecule has 1 fully saturated rings. The van der Waals surface area contributed by atoms with Crippen molar-refractivity contribution in [3.05, 3.63) is 84.2 Å². The third-order valence-corrected chi connectivity index (χ3v) is 7.67. The van der Waals surface area contributed by atoms with E-state index in [2.05, 4.69) is 25.3 Å². The lowest BCUT2D eigenvalue weighted by Crippen LogP contribution is -2.32. The van der Waals surface area contributed by atoms with Gasteiger partial charge in [-0.3, -0.25) is 14.5 Å². The van der Waals surface area contributed by atoms with Crippen LogP contribution in [0.25, 0.3) is 17.1 Å². The molecule has 1 unspecified atom stereocenters. The Morgan fingerprint density at radius 3 is 2.43 bits per heavy atom. The molecule has 0 spiro atoms. The van der Waals surface area contributed by atoms with Crippen LogP contribution in [0, 0.1) is 6.92 Å². The van der Waals surface area contributed by atoms with Gasteiger partial charge in [0.25, 0.3) is 0 Å². The van der Waals surface area contributed by atoms with Crippen molar-refractivity contribution in [1.29, 1.82) is 0 Å². The first-order chi connectivity index (χ1) is 23.1.